The molecule has 1 aromatic rings. The summed E-state index contributed by atoms with van der Waals surface area (Å²) in [6.45, 7) is 10.5. The highest BCUT2D eigenvalue weighted by Gasteiger charge is 2.22. The summed E-state index contributed by atoms with van der Waals surface area (Å²) in [4.78, 5) is 11.6. The second-order valence-corrected chi connectivity index (χ2v) is 7.05. The van der Waals surface area contributed by atoms with Gasteiger partial charge >= 0.3 is 0 Å². The van der Waals surface area contributed by atoms with E-state index in [0.29, 0.717) is 17.9 Å². The van der Waals surface area contributed by atoms with E-state index in [1.165, 1.54) is 24.4 Å². The molecule has 2 heterocycles. The summed E-state index contributed by atoms with van der Waals surface area (Å²) in [6.07, 6.45) is 3.41. The predicted molar refractivity (Wildman–Crippen MR) is 110 cm³/mol. The quantitative estimate of drug-likeness (QED) is 0.380. The molecule has 1 unspecified atom stereocenters. The van der Waals surface area contributed by atoms with E-state index in [-0.39, 0.29) is 24.0 Å². The van der Waals surface area contributed by atoms with Crippen LogP contribution in [0.2, 0.25) is 0 Å². The molecule has 3 N–H and O–H groups in total. The van der Waals surface area contributed by atoms with E-state index >= 15 is 0 Å². The number of likely N-dealkylation sites (N-methyl/N-ethyl adjacent to an activating group) is 1. The first-order valence-corrected chi connectivity index (χ1v) is 9.20. The molecule has 1 aliphatic heterocycles. The van der Waals surface area contributed by atoms with Gasteiger partial charge in [-0.1, -0.05) is 20.8 Å². The van der Waals surface area contributed by atoms with Crippen LogP contribution in [0, 0.1) is 0 Å². The molecule has 1 fully saturated rings. The van der Waals surface area contributed by atoms with Gasteiger partial charge in [0.25, 0.3) is 0 Å². The molecular formula is C16H30IN5S. The maximum atomic E-state index is 5.96. The van der Waals surface area contributed by atoms with Gasteiger partial charge in [-0.15, -0.1) is 35.3 Å². The van der Waals surface area contributed by atoms with Crippen LogP contribution >= 0.6 is 35.3 Å². The first kappa shape index (κ1) is 20.6. The van der Waals surface area contributed by atoms with Crippen LogP contribution in [0.15, 0.2) is 10.4 Å². The van der Waals surface area contributed by atoms with Crippen LogP contribution in [0.4, 0.5) is 0 Å². The van der Waals surface area contributed by atoms with Crippen LogP contribution in [0.3, 0.4) is 0 Å². The Hall–Kier alpha value is -0.410. The van der Waals surface area contributed by atoms with Gasteiger partial charge in [0.2, 0.25) is 0 Å². The Balaban J connectivity index is 0.00000264. The average molecular weight is 451 g/mol. The fourth-order valence-electron chi connectivity index (χ4n) is 2.80. The molecule has 0 radical (unpaired) electrons. The van der Waals surface area contributed by atoms with Crippen molar-refractivity contribution in [2.24, 2.45) is 10.7 Å². The zero-order valence-corrected chi connectivity index (χ0v) is 17.6. The van der Waals surface area contributed by atoms with Gasteiger partial charge in [0.1, 0.15) is 0 Å². The van der Waals surface area contributed by atoms with E-state index in [2.05, 4.69) is 46.3 Å². The van der Waals surface area contributed by atoms with Gasteiger partial charge in [0.05, 0.1) is 17.2 Å². The molecule has 0 spiro atoms. The summed E-state index contributed by atoms with van der Waals surface area (Å²) in [5.41, 5.74) is 7.10. The molecule has 7 heteroatoms. The van der Waals surface area contributed by atoms with Crippen LogP contribution in [0.1, 0.15) is 50.2 Å². The summed E-state index contributed by atoms with van der Waals surface area (Å²) in [5, 5.41) is 6.55. The third-order valence-corrected chi connectivity index (χ3v) is 5.32. The van der Waals surface area contributed by atoms with Gasteiger partial charge in [-0.25, -0.2) is 4.98 Å². The van der Waals surface area contributed by atoms with Crippen LogP contribution in [0.5, 0.6) is 0 Å². The molecule has 1 saturated heterocycles. The molecule has 23 heavy (non-hydrogen) atoms. The standard InChI is InChI=1S/C16H29N5S.HI/c1-4-21-9-5-6-14(21)10-19-16(17)18-8-7-13-11-22-15(20-13)12(2)3;/h11-12,14H,4-10H2,1-3H3,(H3,17,18,19);1H. The van der Waals surface area contributed by atoms with Crippen LogP contribution in [-0.2, 0) is 6.42 Å². The number of guanidine groups is 1. The number of likely N-dealkylation sites (tertiary alicyclic amines) is 1. The van der Waals surface area contributed by atoms with Gasteiger partial charge in [0.15, 0.2) is 5.96 Å². The number of aliphatic imine (C=N–C) groups is 1. The molecule has 1 aliphatic rings. The monoisotopic (exact) mass is 451 g/mol. The van der Waals surface area contributed by atoms with Gasteiger partial charge in [-0.2, -0.15) is 0 Å². The fraction of sp³-hybridized carbons (Fsp3) is 0.750. The average Bonchev–Trinajstić information content (AvgIpc) is 3.13. The maximum absolute atomic E-state index is 5.96. The van der Waals surface area contributed by atoms with Gasteiger partial charge in [0, 0.05) is 30.3 Å². The first-order valence-electron chi connectivity index (χ1n) is 8.32. The molecule has 2 rings (SSSR count). The highest BCUT2D eigenvalue weighted by atomic mass is 127. The van der Waals surface area contributed by atoms with E-state index in [0.717, 1.165) is 31.7 Å². The zero-order valence-electron chi connectivity index (χ0n) is 14.4. The lowest BCUT2D eigenvalue weighted by molar-refractivity contribution is 0.273. The van der Waals surface area contributed by atoms with Crippen molar-refractivity contribution in [2.45, 2.75) is 52.0 Å². The number of nitrogens with two attached hydrogens (primary N) is 1. The topological polar surface area (TPSA) is 66.5 Å². The summed E-state index contributed by atoms with van der Waals surface area (Å²) in [6, 6.07) is 0.567. The van der Waals surface area contributed by atoms with Gasteiger partial charge in [-0.05, 0) is 25.9 Å². The Labute approximate surface area is 161 Å². The van der Waals surface area contributed by atoms with Crippen molar-refractivity contribution >= 4 is 41.3 Å². The minimum atomic E-state index is 0. The Morgan fingerprint density at radius 1 is 1.57 bits per heavy atom. The predicted octanol–water partition coefficient (Wildman–Crippen LogP) is 2.82. The van der Waals surface area contributed by atoms with Gasteiger partial charge in [-0.3, -0.25) is 9.89 Å². The summed E-state index contributed by atoms with van der Waals surface area (Å²) < 4.78 is 0. The van der Waals surface area contributed by atoms with Crippen molar-refractivity contribution in [1.29, 1.82) is 0 Å². The van der Waals surface area contributed by atoms with Crippen molar-refractivity contribution in [3.63, 3.8) is 0 Å². The second kappa shape index (κ2) is 10.5. The van der Waals surface area contributed by atoms with Gasteiger partial charge < -0.3 is 11.1 Å². The number of nitrogens with one attached hydrogen (secondary N) is 1. The lowest BCUT2D eigenvalue weighted by Crippen LogP contribution is -2.36. The Morgan fingerprint density at radius 2 is 2.35 bits per heavy atom. The van der Waals surface area contributed by atoms with Crippen LogP contribution in [0.25, 0.3) is 0 Å². The third-order valence-electron chi connectivity index (χ3n) is 4.13. The fourth-order valence-corrected chi connectivity index (χ4v) is 3.67. The largest absolute Gasteiger partial charge is 0.370 e. The summed E-state index contributed by atoms with van der Waals surface area (Å²) in [7, 11) is 0. The van der Waals surface area contributed by atoms with Crippen molar-refractivity contribution in [3.8, 4) is 0 Å². The van der Waals surface area contributed by atoms with E-state index in [1.54, 1.807) is 11.3 Å². The van der Waals surface area contributed by atoms with E-state index < -0.39 is 0 Å². The Bertz CT molecular complexity index is 489. The smallest absolute Gasteiger partial charge is 0.188 e. The number of hydrogen-bond acceptors (Lipinski definition) is 4. The minimum Gasteiger partial charge on any atom is -0.370 e. The number of thiazole rings is 1. The molecular weight excluding hydrogens is 421 g/mol. The number of hydrogen-bond donors (Lipinski definition) is 2. The zero-order chi connectivity index (χ0) is 15.9. The molecule has 1 atom stereocenters. The highest BCUT2D eigenvalue weighted by molar-refractivity contribution is 14.0. The normalized spacial score (nSPS) is 19.1. The third kappa shape index (κ3) is 6.54. The van der Waals surface area contributed by atoms with E-state index in [1.807, 2.05) is 0 Å². The lowest BCUT2D eigenvalue weighted by atomic mass is 10.2. The minimum absolute atomic E-state index is 0. The summed E-state index contributed by atoms with van der Waals surface area (Å²) in [5.74, 6) is 1.06. The Kier molecular flexibility index (Phi) is 9.38. The van der Waals surface area contributed by atoms with E-state index in [4.69, 9.17) is 5.73 Å². The number of halogens is 1. The highest BCUT2D eigenvalue weighted by Crippen LogP contribution is 2.19. The molecule has 0 bridgehead atoms. The second-order valence-electron chi connectivity index (χ2n) is 6.16. The number of aromatic nitrogens is 1. The Morgan fingerprint density at radius 3 is 3.00 bits per heavy atom. The number of rotatable bonds is 7. The molecule has 5 nitrogen and oxygen atoms in total. The lowest BCUT2D eigenvalue weighted by Gasteiger charge is -2.20. The first-order chi connectivity index (χ1) is 10.6. The molecule has 132 valence electrons. The molecule has 0 aliphatic carbocycles. The van der Waals surface area contributed by atoms with E-state index in [9.17, 15) is 0 Å². The molecule has 1 aromatic heterocycles. The SMILES string of the molecule is CCN1CCCC1CN=C(N)NCCc1csc(C(C)C)n1.I. The molecule has 0 amide bonds. The van der Waals surface area contributed by atoms with Crippen LogP contribution < -0.4 is 11.1 Å². The van der Waals surface area contributed by atoms with Crippen LogP contribution in [-0.4, -0.2) is 48.1 Å². The molecule has 0 aromatic carbocycles. The van der Waals surface area contributed by atoms with Crippen molar-refractivity contribution in [3.05, 3.63) is 16.1 Å². The van der Waals surface area contributed by atoms with Crippen molar-refractivity contribution in [2.75, 3.05) is 26.2 Å². The van der Waals surface area contributed by atoms with Crippen molar-refractivity contribution < 1.29 is 0 Å². The summed E-state index contributed by atoms with van der Waals surface area (Å²) >= 11 is 1.74. The number of nitrogens with zero attached hydrogens (tertiary/aromatic N) is 3. The maximum Gasteiger partial charge on any atom is 0.188 e. The molecule has 0 saturated carbocycles. The van der Waals surface area contributed by atoms with Crippen molar-refractivity contribution in [1.82, 2.24) is 15.2 Å².